The highest BCUT2D eigenvalue weighted by molar-refractivity contribution is 9.10. The lowest BCUT2D eigenvalue weighted by molar-refractivity contribution is -0.135. The van der Waals surface area contributed by atoms with Crippen LogP contribution in [0.5, 0.6) is 0 Å². The predicted octanol–water partition coefficient (Wildman–Crippen LogP) is 3.64. The van der Waals surface area contributed by atoms with Gasteiger partial charge >= 0.3 is 0 Å². The molecule has 152 valence electrons. The highest BCUT2D eigenvalue weighted by Crippen LogP contribution is 2.60. The number of hydrogen-bond acceptors (Lipinski definition) is 4. The van der Waals surface area contributed by atoms with Crippen molar-refractivity contribution in [2.75, 3.05) is 16.8 Å². The van der Waals surface area contributed by atoms with E-state index in [1.54, 1.807) is 12.1 Å². The van der Waals surface area contributed by atoms with Gasteiger partial charge in [0.15, 0.2) is 0 Å². The molecule has 30 heavy (non-hydrogen) atoms. The molecule has 8 heteroatoms. The number of imide groups is 1. The smallest absolute Gasteiger partial charge is 0.250 e. The largest absolute Gasteiger partial charge is 0.324 e. The summed E-state index contributed by atoms with van der Waals surface area (Å²) >= 11 is 6.92. The summed E-state index contributed by atoms with van der Waals surface area (Å²) in [7, 11) is 0. The minimum absolute atomic E-state index is 0.109. The fraction of sp³-hybridized carbons (Fsp3) is 0.318. The van der Waals surface area contributed by atoms with E-state index >= 15 is 0 Å². The highest BCUT2D eigenvalue weighted by Gasteiger charge is 2.74. The molecule has 6 nitrogen and oxygen atoms in total. The quantitative estimate of drug-likeness (QED) is 0.571. The summed E-state index contributed by atoms with van der Waals surface area (Å²) in [5.74, 6) is -1.93. The fourth-order valence-electron chi connectivity index (χ4n) is 6.02. The SMILES string of the molecule is O=C1[C@H]2[C@@H](C(=O)N1c1ccc(Br)cc1)[C@@]1(C(=O)Nc3ccc(Br)cc31)N1CCC[C@@H]21. The van der Waals surface area contributed by atoms with E-state index in [1.165, 1.54) is 4.90 Å². The van der Waals surface area contributed by atoms with Crippen LogP contribution in [0.4, 0.5) is 11.4 Å². The van der Waals surface area contributed by atoms with Crippen LogP contribution in [-0.2, 0) is 19.9 Å². The van der Waals surface area contributed by atoms with Crippen molar-refractivity contribution in [2.45, 2.75) is 24.4 Å². The molecule has 0 unspecified atom stereocenters. The zero-order chi connectivity index (χ0) is 20.8. The molecule has 0 aliphatic carbocycles. The fourth-order valence-corrected chi connectivity index (χ4v) is 6.65. The molecule has 4 heterocycles. The van der Waals surface area contributed by atoms with E-state index in [4.69, 9.17) is 0 Å². The van der Waals surface area contributed by atoms with Gasteiger partial charge in [-0.3, -0.25) is 19.3 Å². The van der Waals surface area contributed by atoms with Gasteiger partial charge in [0.05, 0.1) is 17.5 Å². The zero-order valence-electron chi connectivity index (χ0n) is 15.8. The van der Waals surface area contributed by atoms with Crippen LogP contribution in [0.25, 0.3) is 0 Å². The Morgan fingerprint density at radius 3 is 2.47 bits per heavy atom. The Kier molecular flexibility index (Phi) is 3.90. The van der Waals surface area contributed by atoms with Gasteiger partial charge in [0.1, 0.15) is 5.54 Å². The lowest BCUT2D eigenvalue weighted by atomic mass is 9.75. The molecule has 4 atom stereocenters. The van der Waals surface area contributed by atoms with Crippen molar-refractivity contribution in [3.8, 4) is 0 Å². The lowest BCUT2D eigenvalue weighted by Crippen LogP contribution is -2.54. The van der Waals surface area contributed by atoms with Crippen LogP contribution >= 0.6 is 31.9 Å². The number of carbonyl (C=O) groups is 3. The van der Waals surface area contributed by atoms with Crippen LogP contribution in [-0.4, -0.2) is 35.2 Å². The molecule has 0 saturated carbocycles. The van der Waals surface area contributed by atoms with Crippen molar-refractivity contribution in [3.05, 3.63) is 57.0 Å². The van der Waals surface area contributed by atoms with Crippen LogP contribution in [0.1, 0.15) is 18.4 Å². The second-order valence-electron chi connectivity index (χ2n) is 8.31. The monoisotopic (exact) mass is 529 g/mol. The minimum atomic E-state index is -1.14. The standard InChI is InChI=1S/C22H17Br2N3O3/c23-11-3-6-13(7-4-11)27-19(28)17-16-2-1-9-26(16)22(18(17)20(27)29)14-10-12(24)5-8-15(14)25-21(22)30/h3-8,10,16-18H,1-2,9H2,(H,25,30)/t16-,17+,18-,22-/m0/s1. The summed E-state index contributed by atoms with van der Waals surface area (Å²) in [5, 5.41) is 2.99. The van der Waals surface area contributed by atoms with E-state index in [0.717, 1.165) is 33.0 Å². The van der Waals surface area contributed by atoms with E-state index in [0.29, 0.717) is 12.2 Å². The third kappa shape index (κ3) is 2.14. The Bertz CT molecular complexity index is 1130. The summed E-state index contributed by atoms with van der Waals surface area (Å²) in [6, 6.07) is 12.7. The van der Waals surface area contributed by atoms with Crippen molar-refractivity contribution >= 4 is 61.0 Å². The Hall–Kier alpha value is -2.03. The number of benzene rings is 2. The van der Waals surface area contributed by atoms with Crippen LogP contribution in [0.2, 0.25) is 0 Å². The third-order valence-corrected chi connectivity index (χ3v) is 8.06. The first-order chi connectivity index (χ1) is 14.4. The van der Waals surface area contributed by atoms with E-state index in [1.807, 2.05) is 30.3 Å². The average Bonchev–Trinajstić information content (AvgIpc) is 3.42. The Morgan fingerprint density at radius 2 is 1.70 bits per heavy atom. The number of rotatable bonds is 1. The first kappa shape index (κ1) is 18.7. The van der Waals surface area contributed by atoms with E-state index in [2.05, 4.69) is 42.1 Å². The number of anilines is 2. The van der Waals surface area contributed by atoms with Gasteiger partial charge in [-0.1, -0.05) is 31.9 Å². The Balaban J connectivity index is 1.56. The Labute approximate surface area is 189 Å². The number of fused-ring (bicyclic) bond motifs is 7. The zero-order valence-corrected chi connectivity index (χ0v) is 18.9. The van der Waals surface area contributed by atoms with E-state index in [9.17, 15) is 14.4 Å². The molecular formula is C22H17Br2N3O3. The number of nitrogens with one attached hydrogen (secondary N) is 1. The molecule has 0 bridgehead atoms. The maximum atomic E-state index is 13.8. The van der Waals surface area contributed by atoms with Crippen LogP contribution in [0.3, 0.4) is 0 Å². The number of hydrogen-bond donors (Lipinski definition) is 1. The molecule has 4 aliphatic rings. The van der Waals surface area contributed by atoms with Crippen LogP contribution in [0, 0.1) is 11.8 Å². The molecule has 4 aliphatic heterocycles. The number of carbonyl (C=O) groups excluding carboxylic acids is 3. The predicted molar refractivity (Wildman–Crippen MR) is 118 cm³/mol. The van der Waals surface area contributed by atoms with Gasteiger partial charge in [-0.05, 0) is 61.9 Å². The normalized spacial score (nSPS) is 32.0. The van der Waals surface area contributed by atoms with Gasteiger partial charge in [0.2, 0.25) is 17.7 Å². The highest BCUT2D eigenvalue weighted by atomic mass is 79.9. The molecule has 2 aromatic rings. The molecule has 0 aromatic heterocycles. The van der Waals surface area contributed by atoms with Gasteiger partial charge < -0.3 is 5.32 Å². The van der Waals surface area contributed by atoms with Gasteiger partial charge in [-0.15, -0.1) is 0 Å². The average molecular weight is 531 g/mol. The Morgan fingerprint density at radius 1 is 0.967 bits per heavy atom. The summed E-state index contributed by atoms with van der Waals surface area (Å²) in [6.45, 7) is 0.704. The minimum Gasteiger partial charge on any atom is -0.324 e. The maximum Gasteiger partial charge on any atom is 0.250 e. The molecule has 0 radical (unpaired) electrons. The van der Waals surface area contributed by atoms with Crippen molar-refractivity contribution in [1.82, 2.24) is 4.90 Å². The van der Waals surface area contributed by atoms with Crippen molar-refractivity contribution in [1.29, 1.82) is 0 Å². The van der Waals surface area contributed by atoms with Gasteiger partial charge in [-0.25, -0.2) is 4.90 Å². The van der Waals surface area contributed by atoms with Crippen molar-refractivity contribution < 1.29 is 14.4 Å². The third-order valence-electron chi connectivity index (χ3n) is 7.04. The topological polar surface area (TPSA) is 69.7 Å². The molecule has 6 rings (SSSR count). The lowest BCUT2D eigenvalue weighted by Gasteiger charge is -2.36. The molecule has 1 spiro atoms. The molecule has 3 saturated heterocycles. The first-order valence-corrected chi connectivity index (χ1v) is 11.5. The van der Waals surface area contributed by atoms with Crippen LogP contribution in [0.15, 0.2) is 51.4 Å². The van der Waals surface area contributed by atoms with Gasteiger partial charge in [0.25, 0.3) is 0 Å². The van der Waals surface area contributed by atoms with Crippen molar-refractivity contribution in [3.63, 3.8) is 0 Å². The first-order valence-electron chi connectivity index (χ1n) is 9.96. The summed E-state index contributed by atoms with van der Waals surface area (Å²) in [4.78, 5) is 44.3. The number of halogens is 2. The molecule has 2 aromatic carbocycles. The van der Waals surface area contributed by atoms with E-state index in [-0.39, 0.29) is 23.8 Å². The molecular weight excluding hydrogens is 514 g/mol. The summed E-state index contributed by atoms with van der Waals surface area (Å²) in [5.41, 5.74) is 0.925. The number of nitrogens with zero attached hydrogens (tertiary/aromatic N) is 2. The second kappa shape index (κ2) is 6.24. The second-order valence-corrected chi connectivity index (χ2v) is 10.1. The maximum absolute atomic E-state index is 13.8. The van der Waals surface area contributed by atoms with Gasteiger partial charge in [-0.2, -0.15) is 0 Å². The van der Waals surface area contributed by atoms with Gasteiger partial charge in [0, 0.05) is 26.2 Å². The van der Waals surface area contributed by atoms with E-state index < -0.39 is 17.4 Å². The van der Waals surface area contributed by atoms with Crippen molar-refractivity contribution in [2.24, 2.45) is 11.8 Å². The molecule has 1 N–H and O–H groups in total. The summed E-state index contributed by atoms with van der Waals surface area (Å²) < 4.78 is 1.72. The van der Waals surface area contributed by atoms with Crippen LogP contribution < -0.4 is 10.2 Å². The molecule has 3 amide bonds. The molecule has 3 fully saturated rings. The number of amides is 3. The summed E-state index contributed by atoms with van der Waals surface area (Å²) in [6.07, 6.45) is 1.72.